The minimum Gasteiger partial charge on any atom is -0.495 e. The van der Waals surface area contributed by atoms with Crippen molar-refractivity contribution >= 4 is 34.5 Å². The number of ether oxygens (including phenoxy) is 1. The SMILES string of the molecule is COc1ccc2c(C(F)=Cc3ccccc3)noc2c1Cl. The molecule has 106 valence electrons. The molecule has 0 amide bonds. The highest BCUT2D eigenvalue weighted by atomic mass is 35.5. The second-order valence-electron chi connectivity index (χ2n) is 4.39. The molecule has 0 saturated heterocycles. The van der Waals surface area contributed by atoms with Crippen LogP contribution >= 0.6 is 11.6 Å². The smallest absolute Gasteiger partial charge is 0.189 e. The van der Waals surface area contributed by atoms with E-state index in [9.17, 15) is 4.39 Å². The van der Waals surface area contributed by atoms with Crippen LogP contribution in [0.4, 0.5) is 4.39 Å². The fraction of sp³-hybridized carbons (Fsp3) is 0.0625. The third-order valence-corrected chi connectivity index (χ3v) is 3.44. The van der Waals surface area contributed by atoms with Gasteiger partial charge >= 0.3 is 0 Å². The van der Waals surface area contributed by atoms with Gasteiger partial charge in [-0.3, -0.25) is 0 Å². The van der Waals surface area contributed by atoms with Gasteiger partial charge in [0, 0.05) is 0 Å². The number of nitrogens with zero attached hydrogens (tertiary/aromatic N) is 1. The first kappa shape index (κ1) is 13.6. The Morgan fingerprint density at radius 2 is 2.00 bits per heavy atom. The van der Waals surface area contributed by atoms with E-state index in [1.54, 1.807) is 24.3 Å². The molecule has 3 aromatic rings. The standard InChI is InChI=1S/C16H11ClFNO2/c1-20-13-8-7-11-15(19-21-16(11)14(13)17)12(18)9-10-5-3-2-4-6-10/h2-9H,1H3. The lowest BCUT2D eigenvalue weighted by molar-refractivity contribution is 0.412. The molecule has 0 radical (unpaired) electrons. The predicted octanol–water partition coefficient (Wildman–Crippen LogP) is 4.96. The first-order valence-corrected chi connectivity index (χ1v) is 6.63. The van der Waals surface area contributed by atoms with Crippen LogP contribution in [-0.2, 0) is 0 Å². The van der Waals surface area contributed by atoms with Crippen molar-refractivity contribution < 1.29 is 13.7 Å². The molecule has 0 bridgehead atoms. The molecule has 0 aliphatic rings. The van der Waals surface area contributed by atoms with Gasteiger partial charge in [0.25, 0.3) is 0 Å². The minimum atomic E-state index is -0.485. The van der Waals surface area contributed by atoms with Crippen molar-refractivity contribution in [3.63, 3.8) is 0 Å². The molecule has 0 unspecified atom stereocenters. The van der Waals surface area contributed by atoms with Crippen LogP contribution in [0.3, 0.4) is 0 Å². The van der Waals surface area contributed by atoms with Crippen LogP contribution in [0.5, 0.6) is 5.75 Å². The van der Waals surface area contributed by atoms with Crippen molar-refractivity contribution in [1.29, 1.82) is 0 Å². The molecule has 0 atom stereocenters. The highest BCUT2D eigenvalue weighted by Crippen LogP contribution is 2.36. The predicted molar refractivity (Wildman–Crippen MR) is 81.0 cm³/mol. The van der Waals surface area contributed by atoms with Crippen LogP contribution in [0.15, 0.2) is 47.0 Å². The molecule has 0 saturated carbocycles. The Balaban J connectivity index is 2.09. The molecule has 21 heavy (non-hydrogen) atoms. The maximum absolute atomic E-state index is 14.4. The van der Waals surface area contributed by atoms with Gasteiger partial charge < -0.3 is 9.26 Å². The molecule has 0 spiro atoms. The number of fused-ring (bicyclic) bond motifs is 1. The Morgan fingerprint density at radius 3 is 2.71 bits per heavy atom. The van der Waals surface area contributed by atoms with Gasteiger partial charge in [-0.15, -0.1) is 0 Å². The number of rotatable bonds is 3. The van der Waals surface area contributed by atoms with E-state index in [1.165, 1.54) is 13.2 Å². The maximum atomic E-state index is 14.4. The lowest BCUT2D eigenvalue weighted by atomic mass is 10.1. The van der Waals surface area contributed by atoms with Crippen LogP contribution in [0.25, 0.3) is 22.9 Å². The first-order valence-electron chi connectivity index (χ1n) is 6.25. The Bertz CT molecular complexity index is 812. The van der Waals surface area contributed by atoms with Gasteiger partial charge in [0.05, 0.1) is 12.5 Å². The van der Waals surface area contributed by atoms with E-state index < -0.39 is 5.83 Å². The van der Waals surface area contributed by atoms with E-state index in [2.05, 4.69) is 5.16 Å². The van der Waals surface area contributed by atoms with Gasteiger partial charge in [0.2, 0.25) is 0 Å². The molecule has 1 aromatic heterocycles. The van der Waals surface area contributed by atoms with Crippen molar-refractivity contribution in [2.75, 3.05) is 7.11 Å². The summed E-state index contributed by atoms with van der Waals surface area (Å²) in [6, 6.07) is 12.5. The summed E-state index contributed by atoms with van der Waals surface area (Å²) in [6.45, 7) is 0. The molecule has 0 aliphatic heterocycles. The summed E-state index contributed by atoms with van der Waals surface area (Å²) in [5.74, 6) is -0.0273. The van der Waals surface area contributed by atoms with E-state index in [4.69, 9.17) is 20.9 Å². The van der Waals surface area contributed by atoms with Gasteiger partial charge in [-0.25, -0.2) is 4.39 Å². The van der Waals surface area contributed by atoms with Crippen molar-refractivity contribution in [3.05, 3.63) is 58.7 Å². The normalized spacial score (nSPS) is 11.9. The van der Waals surface area contributed by atoms with E-state index in [1.807, 2.05) is 18.2 Å². The first-order chi connectivity index (χ1) is 10.2. The second-order valence-corrected chi connectivity index (χ2v) is 4.77. The number of benzene rings is 2. The lowest BCUT2D eigenvalue weighted by Crippen LogP contribution is -1.84. The summed E-state index contributed by atoms with van der Waals surface area (Å²) in [7, 11) is 1.50. The molecular weight excluding hydrogens is 293 g/mol. The summed E-state index contributed by atoms with van der Waals surface area (Å²) in [4.78, 5) is 0. The van der Waals surface area contributed by atoms with E-state index in [-0.39, 0.29) is 10.7 Å². The summed E-state index contributed by atoms with van der Waals surface area (Å²) >= 11 is 6.12. The molecule has 0 aliphatic carbocycles. The van der Waals surface area contributed by atoms with Gasteiger partial charge in [0.15, 0.2) is 11.4 Å². The van der Waals surface area contributed by atoms with Crippen LogP contribution in [0, 0.1) is 0 Å². The number of hydrogen-bond acceptors (Lipinski definition) is 3. The Kier molecular flexibility index (Phi) is 3.62. The average Bonchev–Trinajstić information content (AvgIpc) is 2.93. The number of methoxy groups -OCH3 is 1. The zero-order chi connectivity index (χ0) is 14.8. The average molecular weight is 304 g/mol. The van der Waals surface area contributed by atoms with Gasteiger partial charge in [-0.1, -0.05) is 47.1 Å². The summed E-state index contributed by atoms with van der Waals surface area (Å²) in [5, 5.41) is 4.55. The summed E-state index contributed by atoms with van der Waals surface area (Å²) < 4.78 is 24.6. The highest BCUT2D eigenvalue weighted by Gasteiger charge is 2.17. The summed E-state index contributed by atoms with van der Waals surface area (Å²) in [5.41, 5.74) is 1.17. The van der Waals surface area contributed by atoms with Crippen LogP contribution in [0.2, 0.25) is 5.02 Å². The Morgan fingerprint density at radius 1 is 1.24 bits per heavy atom. The monoisotopic (exact) mass is 303 g/mol. The molecule has 0 fully saturated rings. The fourth-order valence-electron chi connectivity index (χ4n) is 2.05. The minimum absolute atomic E-state index is 0.124. The fourth-order valence-corrected chi connectivity index (χ4v) is 2.32. The Hall–Kier alpha value is -2.33. The van der Waals surface area contributed by atoms with Crippen LogP contribution < -0.4 is 4.74 Å². The molecule has 3 rings (SSSR count). The number of aromatic nitrogens is 1. The van der Waals surface area contributed by atoms with Gasteiger partial charge in [0.1, 0.15) is 16.5 Å². The lowest BCUT2D eigenvalue weighted by Gasteiger charge is -2.01. The number of hydrogen-bond donors (Lipinski definition) is 0. The van der Waals surface area contributed by atoms with E-state index in [0.717, 1.165) is 5.56 Å². The van der Waals surface area contributed by atoms with Crippen molar-refractivity contribution in [3.8, 4) is 5.75 Å². The van der Waals surface area contributed by atoms with Gasteiger partial charge in [-0.05, 0) is 23.8 Å². The van der Waals surface area contributed by atoms with Crippen LogP contribution in [0.1, 0.15) is 11.3 Å². The molecule has 0 N–H and O–H groups in total. The second kappa shape index (κ2) is 5.58. The molecular formula is C16H11ClFNO2. The van der Waals surface area contributed by atoms with E-state index >= 15 is 0 Å². The molecule has 5 heteroatoms. The van der Waals surface area contributed by atoms with Crippen LogP contribution in [-0.4, -0.2) is 12.3 Å². The molecule has 3 nitrogen and oxygen atoms in total. The largest absolute Gasteiger partial charge is 0.495 e. The third-order valence-electron chi connectivity index (χ3n) is 3.08. The Labute approximate surface area is 125 Å². The maximum Gasteiger partial charge on any atom is 0.189 e. The highest BCUT2D eigenvalue weighted by molar-refractivity contribution is 6.36. The summed E-state index contributed by atoms with van der Waals surface area (Å²) in [6.07, 6.45) is 1.40. The third kappa shape index (κ3) is 2.50. The van der Waals surface area contributed by atoms with Crippen molar-refractivity contribution in [1.82, 2.24) is 5.16 Å². The quantitative estimate of drug-likeness (QED) is 0.686. The molecule has 1 heterocycles. The zero-order valence-corrected chi connectivity index (χ0v) is 11.9. The number of halogens is 2. The van der Waals surface area contributed by atoms with Crippen molar-refractivity contribution in [2.45, 2.75) is 0 Å². The van der Waals surface area contributed by atoms with E-state index in [0.29, 0.717) is 16.7 Å². The zero-order valence-electron chi connectivity index (χ0n) is 11.1. The molecule has 2 aromatic carbocycles. The van der Waals surface area contributed by atoms with Gasteiger partial charge in [-0.2, -0.15) is 0 Å². The van der Waals surface area contributed by atoms with Crippen molar-refractivity contribution in [2.24, 2.45) is 0 Å². The topological polar surface area (TPSA) is 35.3 Å².